The van der Waals surface area contributed by atoms with Gasteiger partial charge in [-0.1, -0.05) is 57.5 Å². The minimum absolute atomic E-state index is 0.0128. The number of carbonyl (C=O) groups is 1. The Kier molecular flexibility index (Phi) is 8.85. The molecular formula is C20H28O2. The summed E-state index contributed by atoms with van der Waals surface area (Å²) < 4.78 is 0. The Morgan fingerprint density at radius 3 is 1.59 bits per heavy atom. The summed E-state index contributed by atoms with van der Waals surface area (Å²) in [5.74, 6) is 0.247. The van der Waals surface area contributed by atoms with Crippen molar-refractivity contribution in [2.45, 2.75) is 48.5 Å². The third-order valence-corrected chi connectivity index (χ3v) is 3.07. The molecule has 0 aliphatic rings. The van der Waals surface area contributed by atoms with Gasteiger partial charge in [0.05, 0.1) is 0 Å². The van der Waals surface area contributed by atoms with Gasteiger partial charge in [-0.2, -0.15) is 0 Å². The minimum atomic E-state index is -0.0128. The van der Waals surface area contributed by atoms with Gasteiger partial charge in [-0.15, -0.1) is 0 Å². The van der Waals surface area contributed by atoms with Crippen LogP contribution in [0.15, 0.2) is 36.4 Å². The smallest absolute Gasteiger partial charge is 0.193 e. The van der Waals surface area contributed by atoms with E-state index in [0.29, 0.717) is 11.1 Å². The third kappa shape index (κ3) is 5.03. The van der Waals surface area contributed by atoms with Gasteiger partial charge in [-0.05, 0) is 44.0 Å². The molecule has 0 fully saturated rings. The topological polar surface area (TPSA) is 37.3 Å². The van der Waals surface area contributed by atoms with E-state index in [4.69, 9.17) is 0 Å². The number of hydrogen-bond acceptors (Lipinski definition) is 2. The molecule has 0 saturated carbocycles. The van der Waals surface area contributed by atoms with Crippen molar-refractivity contribution in [3.8, 4) is 5.75 Å². The maximum atomic E-state index is 12.3. The number of aryl methyl sites for hydroxylation is 3. The van der Waals surface area contributed by atoms with Gasteiger partial charge in [-0.3, -0.25) is 4.79 Å². The van der Waals surface area contributed by atoms with Gasteiger partial charge in [0.15, 0.2) is 5.78 Å². The Morgan fingerprint density at radius 1 is 0.773 bits per heavy atom. The molecule has 2 aromatic carbocycles. The number of aromatic hydroxyl groups is 1. The van der Waals surface area contributed by atoms with E-state index >= 15 is 0 Å². The molecule has 0 amide bonds. The summed E-state index contributed by atoms with van der Waals surface area (Å²) in [6.45, 7) is 13.6. The van der Waals surface area contributed by atoms with Crippen molar-refractivity contribution in [3.05, 3.63) is 64.2 Å². The molecule has 0 aromatic heterocycles. The molecule has 2 aromatic rings. The molecule has 2 heteroatoms. The number of ketones is 1. The van der Waals surface area contributed by atoms with E-state index in [1.54, 1.807) is 26.0 Å². The highest BCUT2D eigenvalue weighted by atomic mass is 16.3. The van der Waals surface area contributed by atoms with E-state index in [-0.39, 0.29) is 11.5 Å². The molecule has 0 aliphatic carbocycles. The second-order valence-corrected chi connectivity index (χ2v) is 4.65. The maximum absolute atomic E-state index is 12.3. The van der Waals surface area contributed by atoms with Gasteiger partial charge in [-0.25, -0.2) is 0 Å². The van der Waals surface area contributed by atoms with Gasteiger partial charge >= 0.3 is 0 Å². The van der Waals surface area contributed by atoms with Crippen LogP contribution in [-0.2, 0) is 0 Å². The molecule has 0 aliphatic heterocycles. The van der Waals surface area contributed by atoms with Crippen molar-refractivity contribution in [1.29, 1.82) is 0 Å². The summed E-state index contributed by atoms with van der Waals surface area (Å²) in [4.78, 5) is 12.3. The number of phenols is 1. The molecule has 0 radical (unpaired) electrons. The summed E-state index contributed by atoms with van der Waals surface area (Å²) in [7, 11) is 0. The van der Waals surface area contributed by atoms with E-state index in [1.165, 1.54) is 0 Å². The monoisotopic (exact) mass is 300 g/mol. The van der Waals surface area contributed by atoms with E-state index in [2.05, 4.69) is 0 Å². The van der Waals surface area contributed by atoms with Crippen LogP contribution in [0.3, 0.4) is 0 Å². The van der Waals surface area contributed by atoms with Crippen LogP contribution in [0.5, 0.6) is 5.75 Å². The summed E-state index contributed by atoms with van der Waals surface area (Å²) >= 11 is 0. The van der Waals surface area contributed by atoms with Crippen LogP contribution in [0.4, 0.5) is 0 Å². The van der Waals surface area contributed by atoms with Gasteiger partial charge in [0.2, 0.25) is 0 Å². The maximum Gasteiger partial charge on any atom is 0.193 e. The van der Waals surface area contributed by atoms with Crippen LogP contribution in [0.2, 0.25) is 0 Å². The number of hydrogen-bond donors (Lipinski definition) is 1. The van der Waals surface area contributed by atoms with Gasteiger partial charge < -0.3 is 5.11 Å². The number of phenolic OH excluding ortho intramolecular Hbond substituents is 1. The lowest BCUT2D eigenvalue weighted by Crippen LogP contribution is -2.02. The largest absolute Gasteiger partial charge is 0.507 e. The van der Waals surface area contributed by atoms with Crippen LogP contribution < -0.4 is 0 Å². The molecule has 2 rings (SSSR count). The fourth-order valence-corrected chi connectivity index (χ4v) is 1.96. The minimum Gasteiger partial charge on any atom is -0.507 e. The van der Waals surface area contributed by atoms with E-state index < -0.39 is 0 Å². The standard InChI is InChI=1S/C16H16O2.2C2H6/c1-10-4-6-13(7-5-10)16(18)14-8-11(2)15(17)12(3)9-14;2*1-2/h4-9,17H,1-3H3;2*1-2H3. The zero-order chi connectivity index (χ0) is 17.3. The molecule has 0 saturated heterocycles. The first-order valence-electron chi connectivity index (χ1n) is 7.90. The first kappa shape index (κ1) is 19.9. The van der Waals surface area contributed by atoms with Crippen LogP contribution >= 0.6 is 0 Å². The van der Waals surface area contributed by atoms with Crippen LogP contribution in [-0.4, -0.2) is 10.9 Å². The van der Waals surface area contributed by atoms with Crippen molar-refractivity contribution >= 4 is 5.78 Å². The van der Waals surface area contributed by atoms with E-state index in [0.717, 1.165) is 16.7 Å². The van der Waals surface area contributed by atoms with Crippen molar-refractivity contribution < 1.29 is 9.90 Å². The lowest BCUT2D eigenvalue weighted by molar-refractivity contribution is 0.103. The SMILES string of the molecule is CC.CC.Cc1ccc(C(=O)c2cc(C)c(O)c(C)c2)cc1. The molecule has 22 heavy (non-hydrogen) atoms. The fraction of sp³-hybridized carbons (Fsp3) is 0.350. The average Bonchev–Trinajstić information content (AvgIpc) is 2.56. The molecule has 0 bridgehead atoms. The molecule has 0 spiro atoms. The first-order valence-corrected chi connectivity index (χ1v) is 7.90. The molecule has 0 atom stereocenters. The Hall–Kier alpha value is -2.09. The molecule has 120 valence electrons. The lowest BCUT2D eigenvalue weighted by atomic mass is 9.98. The van der Waals surface area contributed by atoms with Crippen molar-refractivity contribution in [2.75, 3.05) is 0 Å². The van der Waals surface area contributed by atoms with Crippen LogP contribution in [0, 0.1) is 20.8 Å². The summed E-state index contributed by atoms with van der Waals surface area (Å²) in [5, 5.41) is 9.71. The second-order valence-electron chi connectivity index (χ2n) is 4.65. The number of rotatable bonds is 2. The van der Waals surface area contributed by atoms with Gasteiger partial charge in [0, 0.05) is 11.1 Å². The Balaban J connectivity index is 0.00000102. The number of benzene rings is 2. The molecular weight excluding hydrogens is 272 g/mol. The number of carbonyl (C=O) groups excluding carboxylic acids is 1. The molecule has 0 unspecified atom stereocenters. The van der Waals surface area contributed by atoms with E-state index in [9.17, 15) is 9.90 Å². The molecule has 2 nitrogen and oxygen atoms in total. The highest BCUT2D eigenvalue weighted by Gasteiger charge is 2.12. The summed E-state index contributed by atoms with van der Waals surface area (Å²) in [6.07, 6.45) is 0. The van der Waals surface area contributed by atoms with Crippen molar-refractivity contribution in [2.24, 2.45) is 0 Å². The average molecular weight is 300 g/mol. The zero-order valence-electron chi connectivity index (χ0n) is 14.8. The normalized spacial score (nSPS) is 9.05. The highest BCUT2D eigenvalue weighted by Crippen LogP contribution is 2.24. The highest BCUT2D eigenvalue weighted by molar-refractivity contribution is 6.09. The summed E-state index contributed by atoms with van der Waals surface area (Å²) in [5.41, 5.74) is 3.87. The van der Waals surface area contributed by atoms with Crippen molar-refractivity contribution in [3.63, 3.8) is 0 Å². The summed E-state index contributed by atoms with van der Waals surface area (Å²) in [6, 6.07) is 11.0. The Morgan fingerprint density at radius 2 is 1.18 bits per heavy atom. The molecule has 0 heterocycles. The Labute approximate surface area is 134 Å². The van der Waals surface area contributed by atoms with Crippen LogP contribution in [0.25, 0.3) is 0 Å². The second kappa shape index (κ2) is 9.78. The predicted molar refractivity (Wildman–Crippen MR) is 94.9 cm³/mol. The van der Waals surface area contributed by atoms with Crippen molar-refractivity contribution in [1.82, 2.24) is 0 Å². The zero-order valence-corrected chi connectivity index (χ0v) is 14.8. The van der Waals surface area contributed by atoms with Crippen LogP contribution in [0.1, 0.15) is 60.3 Å². The molecule has 1 N–H and O–H groups in total. The predicted octanol–water partition coefficient (Wildman–Crippen LogP) is 5.60. The Bertz CT molecular complexity index is 573. The fourth-order valence-electron chi connectivity index (χ4n) is 1.96. The van der Waals surface area contributed by atoms with Gasteiger partial charge in [0.25, 0.3) is 0 Å². The van der Waals surface area contributed by atoms with Gasteiger partial charge in [0.1, 0.15) is 5.75 Å². The first-order chi connectivity index (χ1) is 10.5. The lowest BCUT2D eigenvalue weighted by Gasteiger charge is -2.07. The third-order valence-electron chi connectivity index (χ3n) is 3.07. The quantitative estimate of drug-likeness (QED) is 0.733. The van der Waals surface area contributed by atoms with E-state index in [1.807, 2.05) is 58.9 Å².